The lowest BCUT2D eigenvalue weighted by Gasteiger charge is -2.24. The normalized spacial score (nSPS) is 13.0. The number of hydrogen-bond donors (Lipinski definition) is 2. The number of aromatic nitrogens is 2. The minimum Gasteiger partial charge on any atom is -0.445 e. The van der Waals surface area contributed by atoms with Crippen LogP contribution < -0.4 is 10.6 Å². The molecule has 0 aromatic carbocycles. The first-order valence-electron chi connectivity index (χ1n) is 8.84. The van der Waals surface area contributed by atoms with Crippen molar-refractivity contribution in [3.8, 4) is 0 Å². The van der Waals surface area contributed by atoms with Crippen LogP contribution in [0, 0.1) is 6.92 Å². The summed E-state index contributed by atoms with van der Waals surface area (Å²) in [4.78, 5) is 16.5. The maximum Gasteiger partial charge on any atom is 0.389 e. The van der Waals surface area contributed by atoms with E-state index < -0.39 is 29.5 Å². The molecule has 2 heterocycles. The smallest absolute Gasteiger partial charge is 0.389 e. The van der Waals surface area contributed by atoms with Gasteiger partial charge in [-0.3, -0.25) is 10.1 Å². The van der Waals surface area contributed by atoms with E-state index in [1.165, 1.54) is 0 Å². The van der Waals surface area contributed by atoms with Crippen molar-refractivity contribution in [1.29, 1.82) is 0 Å². The number of nitrogens with one attached hydrogen (secondary N) is 2. The van der Waals surface area contributed by atoms with E-state index in [0.717, 1.165) is 0 Å². The zero-order valence-electron chi connectivity index (χ0n) is 16.5. The number of aryl methyl sites for hydroxylation is 1. The van der Waals surface area contributed by atoms with Crippen LogP contribution in [0.15, 0.2) is 21.2 Å². The lowest BCUT2D eigenvalue weighted by molar-refractivity contribution is -0.135. The van der Waals surface area contributed by atoms with Gasteiger partial charge in [0.1, 0.15) is 5.76 Å². The average Bonchev–Trinajstić information content (AvgIpc) is 3.20. The average molecular weight is 402 g/mol. The van der Waals surface area contributed by atoms with Crippen molar-refractivity contribution in [1.82, 2.24) is 15.5 Å². The number of hydrogen-bond acceptors (Lipinski definition) is 6. The number of amides is 1. The molecule has 0 aliphatic rings. The van der Waals surface area contributed by atoms with E-state index in [1.807, 2.05) is 13.8 Å². The van der Waals surface area contributed by atoms with Gasteiger partial charge >= 0.3 is 6.18 Å². The van der Waals surface area contributed by atoms with Gasteiger partial charge < -0.3 is 14.3 Å². The molecule has 0 saturated heterocycles. The van der Waals surface area contributed by atoms with Crippen molar-refractivity contribution in [2.75, 3.05) is 11.9 Å². The SMILES string of the molecule is Cc1ncc(C(C)(C)c2cc(NC(=O)C(C)(C)NCCCC(F)(F)F)on2)o1. The van der Waals surface area contributed by atoms with Crippen LogP contribution >= 0.6 is 0 Å². The predicted octanol–water partition coefficient (Wildman–Crippen LogP) is 3.95. The standard InChI is InChI=1S/C18H25F3N4O3/c1-11-22-10-13(27-11)16(2,3)12-9-14(28-25-12)24-15(26)17(4,5)23-8-6-7-18(19,20)21/h9-10,23H,6-8H2,1-5H3,(H,24,26). The summed E-state index contributed by atoms with van der Waals surface area (Å²) in [6.45, 7) is 8.70. The molecule has 2 aromatic heterocycles. The first kappa shape index (κ1) is 21.9. The summed E-state index contributed by atoms with van der Waals surface area (Å²) in [5.74, 6) is 0.811. The third-order valence-corrected chi connectivity index (χ3v) is 4.40. The Balaban J connectivity index is 1.97. The number of rotatable bonds is 8. The quantitative estimate of drug-likeness (QED) is 0.650. The van der Waals surface area contributed by atoms with Gasteiger partial charge in [0, 0.05) is 19.4 Å². The second-order valence-corrected chi connectivity index (χ2v) is 7.67. The van der Waals surface area contributed by atoms with E-state index in [1.54, 1.807) is 33.0 Å². The molecule has 0 spiro atoms. The molecule has 2 aromatic rings. The van der Waals surface area contributed by atoms with Crippen molar-refractivity contribution in [3.63, 3.8) is 0 Å². The number of anilines is 1. The first-order chi connectivity index (χ1) is 12.8. The Bertz CT molecular complexity index is 809. The van der Waals surface area contributed by atoms with Crippen molar-refractivity contribution >= 4 is 11.8 Å². The topological polar surface area (TPSA) is 93.2 Å². The minimum absolute atomic E-state index is 0.0550. The second kappa shape index (κ2) is 7.94. The number of nitrogens with zero attached hydrogens (tertiary/aromatic N) is 2. The molecule has 0 aliphatic carbocycles. The lowest BCUT2D eigenvalue weighted by Crippen LogP contribution is -2.50. The molecule has 0 unspecified atom stereocenters. The van der Waals surface area contributed by atoms with E-state index in [0.29, 0.717) is 17.3 Å². The van der Waals surface area contributed by atoms with Crippen LogP contribution in [-0.2, 0) is 10.2 Å². The van der Waals surface area contributed by atoms with E-state index in [4.69, 9.17) is 8.94 Å². The second-order valence-electron chi connectivity index (χ2n) is 7.67. The summed E-state index contributed by atoms with van der Waals surface area (Å²) in [5.41, 5.74) is -1.18. The Hall–Kier alpha value is -2.36. The molecule has 156 valence electrons. The monoisotopic (exact) mass is 402 g/mol. The molecule has 0 saturated carbocycles. The highest BCUT2D eigenvalue weighted by molar-refractivity contribution is 5.96. The summed E-state index contributed by atoms with van der Waals surface area (Å²) in [6.07, 6.45) is -3.62. The van der Waals surface area contributed by atoms with Crippen LogP contribution in [0.25, 0.3) is 0 Å². The molecule has 28 heavy (non-hydrogen) atoms. The zero-order valence-corrected chi connectivity index (χ0v) is 16.5. The van der Waals surface area contributed by atoms with Gasteiger partial charge in [0.05, 0.1) is 22.8 Å². The molecule has 0 bridgehead atoms. The third-order valence-electron chi connectivity index (χ3n) is 4.40. The highest BCUT2D eigenvalue weighted by Crippen LogP contribution is 2.32. The number of carbonyl (C=O) groups excluding carboxylic acids is 1. The summed E-state index contributed by atoms with van der Waals surface area (Å²) < 4.78 is 47.4. The van der Waals surface area contributed by atoms with Gasteiger partial charge in [-0.15, -0.1) is 0 Å². The summed E-state index contributed by atoms with van der Waals surface area (Å²) in [5, 5.41) is 9.40. The van der Waals surface area contributed by atoms with Crippen LogP contribution in [0.4, 0.5) is 19.1 Å². The Morgan fingerprint density at radius 1 is 1.21 bits per heavy atom. The molecule has 10 heteroatoms. The van der Waals surface area contributed by atoms with Gasteiger partial charge in [0.15, 0.2) is 5.89 Å². The van der Waals surface area contributed by atoms with Crippen molar-refractivity contribution in [2.45, 2.75) is 64.6 Å². The van der Waals surface area contributed by atoms with Crippen LogP contribution in [0.2, 0.25) is 0 Å². The van der Waals surface area contributed by atoms with Gasteiger partial charge in [-0.2, -0.15) is 13.2 Å². The van der Waals surface area contributed by atoms with Crippen LogP contribution in [0.3, 0.4) is 0 Å². The predicted molar refractivity (Wildman–Crippen MR) is 95.9 cm³/mol. The summed E-state index contributed by atoms with van der Waals surface area (Å²) in [6, 6.07) is 1.58. The van der Waals surface area contributed by atoms with Crippen LogP contribution in [0.5, 0.6) is 0 Å². The Morgan fingerprint density at radius 2 is 1.89 bits per heavy atom. The zero-order chi connectivity index (χ0) is 21.2. The molecule has 0 aliphatic heterocycles. The van der Waals surface area contributed by atoms with E-state index >= 15 is 0 Å². The molecule has 2 N–H and O–H groups in total. The molecule has 0 fully saturated rings. The Morgan fingerprint density at radius 3 is 2.46 bits per heavy atom. The summed E-state index contributed by atoms with van der Waals surface area (Å²) in [7, 11) is 0. The molecule has 7 nitrogen and oxygen atoms in total. The van der Waals surface area contributed by atoms with Crippen molar-refractivity contribution in [3.05, 3.63) is 29.6 Å². The first-order valence-corrected chi connectivity index (χ1v) is 8.84. The molecule has 1 amide bonds. The fourth-order valence-corrected chi connectivity index (χ4v) is 2.44. The van der Waals surface area contributed by atoms with Crippen LogP contribution in [0.1, 0.15) is 57.9 Å². The van der Waals surface area contributed by atoms with Crippen LogP contribution in [-0.4, -0.2) is 34.3 Å². The molecule has 2 rings (SSSR count). The fourth-order valence-electron chi connectivity index (χ4n) is 2.44. The fraction of sp³-hybridized carbons (Fsp3) is 0.611. The maximum atomic E-state index is 12.4. The van der Waals surface area contributed by atoms with Gasteiger partial charge in [-0.25, -0.2) is 4.98 Å². The Kier molecular flexibility index (Phi) is 6.22. The third kappa shape index (κ3) is 5.57. The number of carbonyl (C=O) groups is 1. The Labute approximate surface area is 161 Å². The highest BCUT2D eigenvalue weighted by Gasteiger charge is 2.33. The highest BCUT2D eigenvalue weighted by atomic mass is 19.4. The van der Waals surface area contributed by atoms with Crippen molar-refractivity contribution in [2.24, 2.45) is 0 Å². The largest absolute Gasteiger partial charge is 0.445 e. The molecule has 0 radical (unpaired) electrons. The van der Waals surface area contributed by atoms with E-state index in [9.17, 15) is 18.0 Å². The summed E-state index contributed by atoms with van der Waals surface area (Å²) >= 11 is 0. The van der Waals surface area contributed by atoms with Gasteiger partial charge in [0.2, 0.25) is 11.8 Å². The lowest BCUT2D eigenvalue weighted by atomic mass is 9.87. The minimum atomic E-state index is -4.21. The molecular formula is C18H25F3N4O3. The number of oxazole rings is 1. The van der Waals surface area contributed by atoms with Gasteiger partial charge in [-0.05, 0) is 40.7 Å². The van der Waals surface area contributed by atoms with Crippen molar-refractivity contribution < 1.29 is 26.9 Å². The van der Waals surface area contributed by atoms with E-state index in [2.05, 4.69) is 20.8 Å². The van der Waals surface area contributed by atoms with Gasteiger partial charge in [-0.1, -0.05) is 5.16 Å². The maximum absolute atomic E-state index is 12.4. The van der Waals surface area contributed by atoms with E-state index in [-0.39, 0.29) is 18.8 Å². The molecular weight excluding hydrogens is 377 g/mol. The number of halogens is 3. The van der Waals surface area contributed by atoms with Gasteiger partial charge in [0.25, 0.3) is 0 Å². The molecule has 0 atom stereocenters. The number of alkyl halides is 3.